The minimum Gasteiger partial charge on any atom is -0.351 e. The van der Waals surface area contributed by atoms with E-state index in [2.05, 4.69) is 70.9 Å². The minimum atomic E-state index is -0.242. The van der Waals surface area contributed by atoms with Gasteiger partial charge >= 0.3 is 0 Å². The van der Waals surface area contributed by atoms with E-state index in [1.807, 2.05) is 36.5 Å². The van der Waals surface area contributed by atoms with Crippen LogP contribution in [0, 0.1) is 19.7 Å². The first kappa shape index (κ1) is 22.3. The molecule has 1 fully saturated rings. The first-order valence-corrected chi connectivity index (χ1v) is 11.9. The Hall–Kier alpha value is -3.51. The zero-order valence-electron chi connectivity index (χ0n) is 19.5. The van der Waals surface area contributed by atoms with Crippen LogP contribution in [0.4, 0.5) is 10.1 Å². The van der Waals surface area contributed by atoms with Crippen molar-refractivity contribution in [1.82, 2.24) is 14.9 Å². The van der Waals surface area contributed by atoms with Crippen molar-refractivity contribution in [2.24, 2.45) is 0 Å². The van der Waals surface area contributed by atoms with Crippen molar-refractivity contribution in [3.05, 3.63) is 113 Å². The molecule has 172 valence electrons. The van der Waals surface area contributed by atoms with Gasteiger partial charge in [0.2, 0.25) is 0 Å². The molecule has 1 aliphatic rings. The molecule has 5 rings (SSSR count). The molecular formula is C28H27FN4S. The molecule has 34 heavy (non-hydrogen) atoms. The first-order chi connectivity index (χ1) is 16.5. The Labute approximate surface area is 205 Å². The lowest BCUT2D eigenvalue weighted by Gasteiger charge is -2.28. The second-order valence-electron chi connectivity index (χ2n) is 8.65. The predicted molar refractivity (Wildman–Crippen MR) is 139 cm³/mol. The molecule has 0 amide bonds. The minimum absolute atomic E-state index is 0.0877. The Morgan fingerprint density at radius 3 is 2.32 bits per heavy atom. The molecular weight excluding hydrogens is 443 g/mol. The number of aromatic nitrogens is 2. The third kappa shape index (κ3) is 3.88. The summed E-state index contributed by atoms with van der Waals surface area (Å²) >= 11 is 5.87. The average molecular weight is 471 g/mol. The summed E-state index contributed by atoms with van der Waals surface area (Å²) in [7, 11) is 0. The fourth-order valence-corrected chi connectivity index (χ4v) is 5.26. The molecule has 0 saturated carbocycles. The quantitative estimate of drug-likeness (QED) is 0.344. The molecule has 2 atom stereocenters. The fourth-order valence-electron chi connectivity index (χ4n) is 4.92. The maximum atomic E-state index is 13.6. The summed E-state index contributed by atoms with van der Waals surface area (Å²) in [6.07, 6.45) is 2.80. The second-order valence-corrected chi connectivity index (χ2v) is 9.04. The van der Waals surface area contributed by atoms with Gasteiger partial charge in [0, 0.05) is 29.0 Å². The predicted octanol–water partition coefficient (Wildman–Crippen LogP) is 6.37. The maximum Gasteiger partial charge on any atom is 0.174 e. The van der Waals surface area contributed by atoms with E-state index >= 15 is 0 Å². The van der Waals surface area contributed by atoms with Crippen molar-refractivity contribution in [2.75, 3.05) is 4.90 Å². The third-order valence-corrected chi connectivity index (χ3v) is 6.91. The van der Waals surface area contributed by atoms with E-state index < -0.39 is 0 Å². The molecule has 0 spiro atoms. The normalized spacial score (nSPS) is 17.8. The van der Waals surface area contributed by atoms with Crippen molar-refractivity contribution >= 4 is 23.0 Å². The van der Waals surface area contributed by atoms with Crippen LogP contribution in [0.2, 0.25) is 0 Å². The van der Waals surface area contributed by atoms with E-state index in [4.69, 9.17) is 12.2 Å². The lowest BCUT2D eigenvalue weighted by Crippen LogP contribution is -2.29. The Kier molecular flexibility index (Phi) is 5.92. The summed E-state index contributed by atoms with van der Waals surface area (Å²) in [4.78, 5) is 6.86. The van der Waals surface area contributed by atoms with Crippen LogP contribution in [0.25, 0.3) is 5.69 Å². The number of anilines is 1. The van der Waals surface area contributed by atoms with Crippen LogP contribution in [0.3, 0.4) is 0 Å². The molecule has 0 radical (unpaired) electrons. The number of hydrogen-bond acceptors (Lipinski definition) is 2. The maximum absolute atomic E-state index is 13.6. The zero-order chi connectivity index (χ0) is 23.8. The first-order valence-electron chi connectivity index (χ1n) is 11.5. The van der Waals surface area contributed by atoms with Gasteiger partial charge in [-0.1, -0.05) is 25.1 Å². The molecule has 2 aromatic carbocycles. The van der Waals surface area contributed by atoms with E-state index in [9.17, 15) is 4.39 Å². The molecule has 0 bridgehead atoms. The number of thiocarbonyl (C=S) groups is 1. The molecule has 0 unspecified atom stereocenters. The summed E-state index contributed by atoms with van der Waals surface area (Å²) in [5, 5.41) is 4.21. The van der Waals surface area contributed by atoms with Crippen LogP contribution >= 0.6 is 12.2 Å². The Morgan fingerprint density at radius 1 is 0.971 bits per heavy atom. The van der Waals surface area contributed by atoms with Crippen molar-refractivity contribution < 1.29 is 4.39 Å². The van der Waals surface area contributed by atoms with Crippen LogP contribution in [-0.4, -0.2) is 14.7 Å². The zero-order valence-corrected chi connectivity index (χ0v) is 20.3. The fraction of sp³-hybridized carbons (Fsp3) is 0.214. The standard InChI is InChI=1S/C28H27FN4S/c1-4-20-8-12-23(13-9-20)33-27(26(31-28(33)34)25-7-5-6-16-30-25)24-17-18(2)32(19(24)3)22-14-10-21(29)11-15-22/h5-17,26-27H,4H2,1-3H3,(H,31,34)/t26-,27+/m1/s1. The van der Waals surface area contributed by atoms with Crippen LogP contribution in [-0.2, 0) is 6.42 Å². The lowest BCUT2D eigenvalue weighted by atomic mass is 9.96. The highest BCUT2D eigenvalue weighted by Crippen LogP contribution is 2.43. The monoisotopic (exact) mass is 470 g/mol. The SMILES string of the molecule is CCc1ccc(N2C(=S)N[C@H](c3ccccn3)[C@@H]2c2cc(C)n(-c3ccc(F)cc3)c2C)cc1. The highest BCUT2D eigenvalue weighted by atomic mass is 32.1. The third-order valence-electron chi connectivity index (χ3n) is 6.59. The summed E-state index contributed by atoms with van der Waals surface area (Å²) in [6.45, 7) is 6.35. The molecule has 0 aliphatic carbocycles. The van der Waals surface area contributed by atoms with Gasteiger partial charge in [0.05, 0.1) is 17.8 Å². The lowest BCUT2D eigenvalue weighted by molar-refractivity contribution is 0.565. The number of aryl methyl sites for hydroxylation is 2. The molecule has 6 heteroatoms. The van der Waals surface area contributed by atoms with Crippen molar-refractivity contribution in [2.45, 2.75) is 39.3 Å². The number of halogens is 1. The number of hydrogen-bond donors (Lipinski definition) is 1. The van der Waals surface area contributed by atoms with E-state index in [-0.39, 0.29) is 17.9 Å². The van der Waals surface area contributed by atoms with Gasteiger partial charge in [0.15, 0.2) is 5.11 Å². The Bertz CT molecular complexity index is 1310. The number of rotatable bonds is 5. The van der Waals surface area contributed by atoms with Gasteiger partial charge in [-0.25, -0.2) is 4.39 Å². The molecule has 1 saturated heterocycles. The van der Waals surface area contributed by atoms with Crippen molar-refractivity contribution in [3.8, 4) is 5.69 Å². The van der Waals surface area contributed by atoms with Gasteiger partial charge < -0.3 is 14.8 Å². The van der Waals surface area contributed by atoms with Crippen LogP contribution in [0.5, 0.6) is 0 Å². The smallest absolute Gasteiger partial charge is 0.174 e. The average Bonchev–Trinajstić information content (AvgIpc) is 3.35. The van der Waals surface area contributed by atoms with Gasteiger partial charge in [-0.2, -0.15) is 0 Å². The van der Waals surface area contributed by atoms with Crippen LogP contribution < -0.4 is 10.2 Å². The topological polar surface area (TPSA) is 33.1 Å². The van der Waals surface area contributed by atoms with Crippen LogP contribution in [0.15, 0.2) is 79.0 Å². The Balaban J connectivity index is 1.66. The summed E-state index contributed by atoms with van der Waals surface area (Å²) in [5.74, 6) is -0.242. The van der Waals surface area contributed by atoms with Crippen LogP contribution in [0.1, 0.15) is 47.2 Å². The van der Waals surface area contributed by atoms with Gasteiger partial charge in [-0.3, -0.25) is 4.98 Å². The second kappa shape index (κ2) is 9.03. The van der Waals surface area contributed by atoms with E-state index in [0.29, 0.717) is 5.11 Å². The van der Waals surface area contributed by atoms with Gasteiger partial charge in [-0.15, -0.1) is 0 Å². The molecule has 1 aliphatic heterocycles. The van der Waals surface area contributed by atoms with Gasteiger partial charge in [0.1, 0.15) is 5.82 Å². The van der Waals surface area contributed by atoms with Crippen molar-refractivity contribution in [1.29, 1.82) is 0 Å². The van der Waals surface area contributed by atoms with E-state index in [0.717, 1.165) is 40.4 Å². The van der Waals surface area contributed by atoms with Gasteiger partial charge in [0.25, 0.3) is 0 Å². The summed E-state index contributed by atoms with van der Waals surface area (Å²) in [6, 6.07) is 23.2. The Morgan fingerprint density at radius 2 is 1.68 bits per heavy atom. The molecule has 1 N–H and O–H groups in total. The highest BCUT2D eigenvalue weighted by molar-refractivity contribution is 7.80. The highest BCUT2D eigenvalue weighted by Gasteiger charge is 2.42. The molecule has 4 nitrogen and oxygen atoms in total. The summed E-state index contributed by atoms with van der Waals surface area (Å²) in [5.41, 5.74) is 7.54. The number of nitrogens with one attached hydrogen (secondary N) is 1. The number of nitrogens with zero attached hydrogens (tertiary/aromatic N) is 3. The molecule has 3 heterocycles. The van der Waals surface area contributed by atoms with Gasteiger partial charge in [-0.05, 0) is 98.2 Å². The largest absolute Gasteiger partial charge is 0.351 e. The van der Waals surface area contributed by atoms with E-state index in [1.165, 1.54) is 17.7 Å². The summed E-state index contributed by atoms with van der Waals surface area (Å²) < 4.78 is 15.8. The number of benzene rings is 2. The molecule has 4 aromatic rings. The molecule has 2 aromatic heterocycles. The number of pyridine rings is 1. The van der Waals surface area contributed by atoms with E-state index in [1.54, 1.807) is 0 Å². The van der Waals surface area contributed by atoms with Crippen molar-refractivity contribution in [3.63, 3.8) is 0 Å².